The molecule has 0 aliphatic rings. The minimum Gasteiger partial charge on any atom is -0.493 e. The number of halogens is 1. The monoisotopic (exact) mass is 210 g/mol. The molecule has 0 N–H and O–H groups in total. The summed E-state index contributed by atoms with van der Waals surface area (Å²) in [5.74, 6) is -0.0707. The van der Waals surface area contributed by atoms with Gasteiger partial charge in [-0.3, -0.25) is 0 Å². The molecule has 0 saturated heterocycles. The maximum absolute atomic E-state index is 13.3. The van der Waals surface area contributed by atoms with Crippen LogP contribution in [0.1, 0.15) is 31.7 Å². The van der Waals surface area contributed by atoms with Crippen LogP contribution in [0.3, 0.4) is 0 Å². The third kappa shape index (κ3) is 2.78. The molecule has 0 aliphatic heterocycles. The molecule has 1 aromatic rings. The van der Waals surface area contributed by atoms with E-state index < -0.39 is 0 Å². The Bertz CT molecular complexity index is 361. The Hall–Kier alpha value is -1.38. The van der Waals surface area contributed by atoms with Crippen LogP contribution in [0, 0.1) is 5.82 Å². The van der Waals surface area contributed by atoms with E-state index in [1.165, 1.54) is 20.1 Å². The number of methoxy groups -OCH3 is 1. The van der Waals surface area contributed by atoms with Crippen molar-refractivity contribution < 1.29 is 13.9 Å². The number of para-hydroxylation sites is 1. The van der Waals surface area contributed by atoms with Crippen LogP contribution in [0.2, 0.25) is 0 Å². The van der Waals surface area contributed by atoms with Gasteiger partial charge in [-0.05, 0) is 18.9 Å². The summed E-state index contributed by atoms with van der Waals surface area (Å²) in [5.41, 5.74) is 0.743. The van der Waals surface area contributed by atoms with E-state index in [-0.39, 0.29) is 23.3 Å². The molecule has 82 valence electrons. The van der Waals surface area contributed by atoms with E-state index in [0.717, 1.165) is 5.56 Å². The zero-order chi connectivity index (χ0) is 11.4. The molecule has 1 aromatic carbocycles. The van der Waals surface area contributed by atoms with Crippen molar-refractivity contribution >= 4 is 5.78 Å². The molecule has 0 radical (unpaired) electrons. The average molecular weight is 210 g/mol. The van der Waals surface area contributed by atoms with Crippen molar-refractivity contribution in [3.63, 3.8) is 0 Å². The summed E-state index contributed by atoms with van der Waals surface area (Å²) in [4.78, 5) is 11.0. The summed E-state index contributed by atoms with van der Waals surface area (Å²) in [6, 6.07) is 4.77. The fourth-order valence-corrected chi connectivity index (χ4v) is 1.67. The molecule has 0 heterocycles. The molecular weight excluding hydrogens is 195 g/mol. The highest BCUT2D eigenvalue weighted by Gasteiger charge is 2.15. The van der Waals surface area contributed by atoms with E-state index in [0.29, 0.717) is 6.42 Å². The largest absolute Gasteiger partial charge is 0.493 e. The molecule has 2 nitrogen and oxygen atoms in total. The van der Waals surface area contributed by atoms with E-state index in [4.69, 9.17) is 4.74 Å². The SMILES string of the molecule is COc1c(F)cccc1C(C)CC(C)=O. The minimum absolute atomic E-state index is 0.0202. The van der Waals surface area contributed by atoms with Crippen molar-refractivity contribution in [3.05, 3.63) is 29.6 Å². The topological polar surface area (TPSA) is 26.3 Å². The van der Waals surface area contributed by atoms with E-state index >= 15 is 0 Å². The standard InChI is InChI=1S/C12H15FO2/c1-8(7-9(2)14)10-5-4-6-11(13)12(10)15-3/h4-6,8H,7H2,1-3H3. The maximum atomic E-state index is 13.3. The van der Waals surface area contributed by atoms with Gasteiger partial charge >= 0.3 is 0 Å². The number of Topliss-reactive ketones (excluding diaryl/α,β-unsaturated/α-hetero) is 1. The number of carbonyl (C=O) groups excluding carboxylic acids is 1. The quantitative estimate of drug-likeness (QED) is 0.763. The second-order valence-corrected chi connectivity index (χ2v) is 3.67. The van der Waals surface area contributed by atoms with Crippen LogP contribution in [-0.2, 0) is 4.79 Å². The molecule has 0 amide bonds. The number of carbonyl (C=O) groups is 1. The van der Waals surface area contributed by atoms with Gasteiger partial charge in [0.2, 0.25) is 0 Å². The van der Waals surface area contributed by atoms with Crippen LogP contribution in [0.5, 0.6) is 5.75 Å². The molecule has 0 fully saturated rings. The molecule has 15 heavy (non-hydrogen) atoms. The fourth-order valence-electron chi connectivity index (χ4n) is 1.67. The van der Waals surface area contributed by atoms with Crippen LogP contribution in [-0.4, -0.2) is 12.9 Å². The first-order valence-corrected chi connectivity index (χ1v) is 4.88. The number of rotatable bonds is 4. The van der Waals surface area contributed by atoms with Crippen molar-refractivity contribution in [3.8, 4) is 5.75 Å². The fraction of sp³-hybridized carbons (Fsp3) is 0.417. The Balaban J connectivity index is 3.02. The van der Waals surface area contributed by atoms with Crippen LogP contribution >= 0.6 is 0 Å². The lowest BCUT2D eigenvalue weighted by Crippen LogP contribution is -2.03. The highest BCUT2D eigenvalue weighted by Crippen LogP contribution is 2.30. The van der Waals surface area contributed by atoms with Crippen molar-refractivity contribution in [1.82, 2.24) is 0 Å². The zero-order valence-electron chi connectivity index (χ0n) is 9.21. The lowest BCUT2D eigenvalue weighted by Gasteiger charge is -2.14. The molecule has 0 aliphatic carbocycles. The third-order valence-electron chi connectivity index (χ3n) is 2.33. The summed E-state index contributed by atoms with van der Waals surface area (Å²) in [7, 11) is 1.43. The van der Waals surface area contributed by atoms with Gasteiger partial charge in [0.15, 0.2) is 11.6 Å². The maximum Gasteiger partial charge on any atom is 0.165 e. The summed E-state index contributed by atoms with van der Waals surface area (Å²) in [6.07, 6.45) is 0.403. The summed E-state index contributed by atoms with van der Waals surface area (Å²) in [6.45, 7) is 3.42. The molecular formula is C12H15FO2. The first-order valence-electron chi connectivity index (χ1n) is 4.88. The molecule has 1 atom stereocenters. The van der Waals surface area contributed by atoms with Crippen molar-refractivity contribution in [2.45, 2.75) is 26.2 Å². The number of benzene rings is 1. The van der Waals surface area contributed by atoms with Gasteiger partial charge < -0.3 is 9.53 Å². The lowest BCUT2D eigenvalue weighted by molar-refractivity contribution is -0.117. The van der Waals surface area contributed by atoms with Crippen LogP contribution < -0.4 is 4.74 Å². The lowest BCUT2D eigenvalue weighted by atomic mass is 9.95. The second-order valence-electron chi connectivity index (χ2n) is 3.67. The predicted octanol–water partition coefficient (Wildman–Crippen LogP) is 2.92. The van der Waals surface area contributed by atoms with E-state index in [1.54, 1.807) is 12.1 Å². The van der Waals surface area contributed by atoms with Gasteiger partial charge in [-0.25, -0.2) is 4.39 Å². The van der Waals surface area contributed by atoms with Crippen molar-refractivity contribution in [2.24, 2.45) is 0 Å². The average Bonchev–Trinajstić information content (AvgIpc) is 2.16. The Kier molecular flexibility index (Phi) is 3.83. The number of ether oxygens (including phenoxy) is 1. The number of hydrogen-bond donors (Lipinski definition) is 0. The second kappa shape index (κ2) is 4.91. The minimum atomic E-state index is -0.384. The molecule has 3 heteroatoms. The normalized spacial score (nSPS) is 12.3. The molecule has 0 bridgehead atoms. The Morgan fingerprint density at radius 2 is 2.20 bits per heavy atom. The van der Waals surface area contributed by atoms with Crippen LogP contribution in [0.25, 0.3) is 0 Å². The van der Waals surface area contributed by atoms with E-state index in [1.807, 2.05) is 6.92 Å². The van der Waals surface area contributed by atoms with Gasteiger partial charge in [0.1, 0.15) is 5.78 Å². The van der Waals surface area contributed by atoms with Crippen LogP contribution in [0.15, 0.2) is 18.2 Å². The van der Waals surface area contributed by atoms with Crippen molar-refractivity contribution in [2.75, 3.05) is 7.11 Å². The highest BCUT2D eigenvalue weighted by molar-refractivity contribution is 5.76. The molecule has 0 spiro atoms. The van der Waals surface area contributed by atoms with Gasteiger partial charge in [0, 0.05) is 12.0 Å². The van der Waals surface area contributed by atoms with Crippen LogP contribution in [0.4, 0.5) is 4.39 Å². The molecule has 1 rings (SSSR count). The summed E-state index contributed by atoms with van der Waals surface area (Å²) < 4.78 is 18.3. The first-order chi connectivity index (χ1) is 7.06. The number of hydrogen-bond acceptors (Lipinski definition) is 2. The summed E-state index contributed by atoms with van der Waals surface area (Å²) >= 11 is 0. The van der Waals surface area contributed by atoms with Gasteiger partial charge in [-0.15, -0.1) is 0 Å². The van der Waals surface area contributed by atoms with E-state index in [9.17, 15) is 9.18 Å². The van der Waals surface area contributed by atoms with Gasteiger partial charge in [-0.2, -0.15) is 0 Å². The predicted molar refractivity (Wildman–Crippen MR) is 56.7 cm³/mol. The van der Waals surface area contributed by atoms with Gasteiger partial charge in [0.05, 0.1) is 7.11 Å². The zero-order valence-corrected chi connectivity index (χ0v) is 9.21. The van der Waals surface area contributed by atoms with E-state index in [2.05, 4.69) is 0 Å². The Morgan fingerprint density at radius 3 is 2.73 bits per heavy atom. The smallest absolute Gasteiger partial charge is 0.165 e. The first kappa shape index (κ1) is 11.7. The Labute approximate surface area is 89.1 Å². The molecule has 0 saturated carbocycles. The Morgan fingerprint density at radius 1 is 1.53 bits per heavy atom. The summed E-state index contributed by atoms with van der Waals surface area (Å²) in [5, 5.41) is 0. The molecule has 0 aromatic heterocycles. The number of ketones is 1. The van der Waals surface area contributed by atoms with Gasteiger partial charge in [0.25, 0.3) is 0 Å². The highest BCUT2D eigenvalue weighted by atomic mass is 19.1. The molecule has 1 unspecified atom stereocenters. The third-order valence-corrected chi connectivity index (χ3v) is 2.33. The van der Waals surface area contributed by atoms with Crippen molar-refractivity contribution in [1.29, 1.82) is 0 Å². The van der Waals surface area contributed by atoms with Gasteiger partial charge in [-0.1, -0.05) is 19.1 Å².